The van der Waals surface area contributed by atoms with Crippen molar-refractivity contribution in [1.29, 1.82) is 0 Å². The number of ether oxygens (including phenoxy) is 1. The Morgan fingerprint density at radius 2 is 2.04 bits per heavy atom. The summed E-state index contributed by atoms with van der Waals surface area (Å²) in [5, 5.41) is 19.4. The summed E-state index contributed by atoms with van der Waals surface area (Å²) in [6.07, 6.45) is -2.96. The largest absolute Gasteiger partial charge is 0.504 e. The number of hydrogen-bond acceptors (Lipinski definition) is 6. The molecule has 1 aromatic heterocycles. The smallest absolute Gasteiger partial charge is 0.451 e. The molecule has 1 aliphatic heterocycles. The van der Waals surface area contributed by atoms with Crippen LogP contribution >= 0.6 is 0 Å². The highest BCUT2D eigenvalue weighted by Gasteiger charge is 2.35. The van der Waals surface area contributed by atoms with E-state index in [1.807, 2.05) is 4.90 Å². The van der Waals surface area contributed by atoms with E-state index in [4.69, 9.17) is 4.74 Å². The van der Waals surface area contributed by atoms with Crippen molar-refractivity contribution < 1.29 is 28.1 Å². The Labute approximate surface area is 141 Å². The van der Waals surface area contributed by atoms with Gasteiger partial charge in [0.1, 0.15) is 0 Å². The zero-order chi connectivity index (χ0) is 18.2. The standard InChI is InChI=1S/C16H16F3N3O3/c1-25-13-5-9(4-12(23)14(13)24)7-22-3-2-11-10(8-22)6-20-15(21-11)16(17,18)19/h4-6,23-24H,2-3,7-8H2,1H3. The van der Waals surface area contributed by atoms with E-state index in [1.165, 1.54) is 19.4 Å². The molecular formula is C16H16F3N3O3. The van der Waals surface area contributed by atoms with Crippen LogP contribution in [-0.2, 0) is 25.7 Å². The third-order valence-corrected chi connectivity index (χ3v) is 4.01. The molecular weight excluding hydrogens is 339 g/mol. The fraction of sp³-hybridized carbons (Fsp3) is 0.375. The van der Waals surface area contributed by atoms with Gasteiger partial charge in [-0.25, -0.2) is 9.97 Å². The summed E-state index contributed by atoms with van der Waals surface area (Å²) >= 11 is 0. The van der Waals surface area contributed by atoms with Crippen LogP contribution in [0.4, 0.5) is 13.2 Å². The lowest BCUT2D eigenvalue weighted by molar-refractivity contribution is -0.145. The van der Waals surface area contributed by atoms with E-state index < -0.39 is 12.0 Å². The number of nitrogens with zero attached hydrogens (tertiary/aromatic N) is 3. The molecule has 0 unspecified atom stereocenters. The summed E-state index contributed by atoms with van der Waals surface area (Å²) in [7, 11) is 1.38. The maximum Gasteiger partial charge on any atom is 0.451 e. The zero-order valence-electron chi connectivity index (χ0n) is 13.3. The van der Waals surface area contributed by atoms with Crippen LogP contribution in [0.1, 0.15) is 22.6 Å². The van der Waals surface area contributed by atoms with Crippen LogP contribution < -0.4 is 4.74 Å². The third kappa shape index (κ3) is 3.60. The maximum atomic E-state index is 12.7. The van der Waals surface area contributed by atoms with Crippen molar-refractivity contribution >= 4 is 0 Å². The van der Waals surface area contributed by atoms with E-state index in [2.05, 4.69) is 9.97 Å². The Hall–Kier alpha value is -2.55. The van der Waals surface area contributed by atoms with Crippen LogP contribution in [-0.4, -0.2) is 38.7 Å². The van der Waals surface area contributed by atoms with Gasteiger partial charge in [0.15, 0.2) is 11.5 Å². The van der Waals surface area contributed by atoms with Crippen molar-refractivity contribution in [3.63, 3.8) is 0 Å². The molecule has 0 amide bonds. The Bertz CT molecular complexity index is 796. The molecule has 134 valence electrons. The van der Waals surface area contributed by atoms with Gasteiger partial charge in [-0.3, -0.25) is 4.90 Å². The molecule has 0 spiro atoms. The highest BCUT2D eigenvalue weighted by Crippen LogP contribution is 2.37. The molecule has 1 aromatic carbocycles. The minimum Gasteiger partial charge on any atom is -0.504 e. The second kappa shape index (κ2) is 6.40. The first-order chi connectivity index (χ1) is 11.8. The van der Waals surface area contributed by atoms with E-state index >= 15 is 0 Å². The Morgan fingerprint density at radius 1 is 1.28 bits per heavy atom. The van der Waals surface area contributed by atoms with Crippen molar-refractivity contribution in [1.82, 2.24) is 14.9 Å². The van der Waals surface area contributed by atoms with Crippen LogP contribution in [0.15, 0.2) is 18.3 Å². The number of fused-ring (bicyclic) bond motifs is 1. The summed E-state index contributed by atoms with van der Waals surface area (Å²) in [5.74, 6) is -1.58. The van der Waals surface area contributed by atoms with Crippen LogP contribution in [0.5, 0.6) is 17.2 Å². The van der Waals surface area contributed by atoms with Crippen molar-refractivity contribution in [3.05, 3.63) is 41.0 Å². The van der Waals surface area contributed by atoms with Gasteiger partial charge in [-0.2, -0.15) is 13.2 Å². The van der Waals surface area contributed by atoms with Crippen LogP contribution in [0, 0.1) is 0 Å². The zero-order valence-corrected chi connectivity index (χ0v) is 13.3. The SMILES string of the molecule is COc1cc(CN2CCc3nc(C(F)(F)F)ncc3C2)cc(O)c1O. The Balaban J connectivity index is 1.77. The molecule has 0 aliphatic carbocycles. The van der Waals surface area contributed by atoms with Gasteiger partial charge in [0.05, 0.1) is 12.8 Å². The van der Waals surface area contributed by atoms with Crippen molar-refractivity contribution in [2.24, 2.45) is 0 Å². The van der Waals surface area contributed by atoms with Gasteiger partial charge in [0.25, 0.3) is 0 Å². The number of alkyl halides is 3. The first-order valence-electron chi connectivity index (χ1n) is 7.51. The van der Waals surface area contributed by atoms with E-state index in [0.29, 0.717) is 42.9 Å². The number of aromatic hydroxyl groups is 2. The Kier molecular flexibility index (Phi) is 4.42. The molecule has 6 nitrogen and oxygen atoms in total. The lowest BCUT2D eigenvalue weighted by Gasteiger charge is -2.28. The predicted molar refractivity (Wildman–Crippen MR) is 81.2 cm³/mol. The van der Waals surface area contributed by atoms with E-state index in [0.717, 1.165) is 0 Å². The lowest BCUT2D eigenvalue weighted by atomic mass is 10.1. The number of hydrogen-bond donors (Lipinski definition) is 2. The van der Waals surface area contributed by atoms with Gasteiger partial charge in [-0.1, -0.05) is 0 Å². The van der Waals surface area contributed by atoms with Gasteiger partial charge >= 0.3 is 6.18 Å². The number of phenols is 2. The molecule has 2 aromatic rings. The molecule has 9 heteroatoms. The number of phenolic OH excluding ortho intramolecular Hbond substituents is 2. The van der Waals surface area contributed by atoms with Crippen molar-refractivity contribution in [2.75, 3.05) is 13.7 Å². The normalized spacial score (nSPS) is 15.0. The molecule has 2 heterocycles. The number of methoxy groups -OCH3 is 1. The maximum absolute atomic E-state index is 12.7. The molecule has 1 aliphatic rings. The van der Waals surface area contributed by atoms with Crippen LogP contribution in [0.25, 0.3) is 0 Å². The highest BCUT2D eigenvalue weighted by molar-refractivity contribution is 5.51. The molecule has 0 saturated heterocycles. The average Bonchev–Trinajstić information content (AvgIpc) is 2.56. The molecule has 2 N–H and O–H groups in total. The van der Waals surface area contributed by atoms with Gasteiger partial charge in [-0.15, -0.1) is 0 Å². The first kappa shape index (κ1) is 17.3. The van der Waals surface area contributed by atoms with Gasteiger partial charge in [0.2, 0.25) is 11.6 Å². The number of rotatable bonds is 3. The average molecular weight is 355 g/mol. The van der Waals surface area contributed by atoms with Gasteiger partial charge in [0, 0.05) is 37.8 Å². The number of halogens is 3. The summed E-state index contributed by atoms with van der Waals surface area (Å²) in [6, 6.07) is 3.03. The monoisotopic (exact) mass is 355 g/mol. The number of aromatic nitrogens is 2. The minimum absolute atomic E-state index is 0.158. The third-order valence-electron chi connectivity index (χ3n) is 4.01. The van der Waals surface area contributed by atoms with Crippen molar-refractivity contribution in [2.45, 2.75) is 25.7 Å². The molecule has 3 rings (SSSR count). The molecule has 0 fully saturated rings. The van der Waals surface area contributed by atoms with E-state index in [1.54, 1.807) is 6.07 Å². The first-order valence-corrected chi connectivity index (χ1v) is 7.51. The molecule has 0 bridgehead atoms. The Morgan fingerprint density at radius 3 is 2.72 bits per heavy atom. The molecule has 0 saturated carbocycles. The fourth-order valence-corrected chi connectivity index (χ4v) is 2.80. The van der Waals surface area contributed by atoms with Crippen LogP contribution in [0.2, 0.25) is 0 Å². The van der Waals surface area contributed by atoms with Crippen LogP contribution in [0.3, 0.4) is 0 Å². The van der Waals surface area contributed by atoms with Gasteiger partial charge < -0.3 is 14.9 Å². The summed E-state index contributed by atoms with van der Waals surface area (Å²) in [5.41, 5.74) is 1.77. The second-order valence-electron chi connectivity index (χ2n) is 5.79. The van der Waals surface area contributed by atoms with Crippen molar-refractivity contribution in [3.8, 4) is 17.2 Å². The fourth-order valence-electron chi connectivity index (χ4n) is 2.80. The predicted octanol–water partition coefficient (Wildman–Crippen LogP) is 2.47. The van der Waals surface area contributed by atoms with E-state index in [9.17, 15) is 23.4 Å². The topological polar surface area (TPSA) is 78.7 Å². The second-order valence-corrected chi connectivity index (χ2v) is 5.79. The summed E-state index contributed by atoms with van der Waals surface area (Å²) in [4.78, 5) is 9.02. The molecule has 0 radical (unpaired) electrons. The summed E-state index contributed by atoms with van der Waals surface area (Å²) < 4.78 is 43.0. The highest BCUT2D eigenvalue weighted by atomic mass is 19.4. The number of benzene rings is 1. The lowest BCUT2D eigenvalue weighted by Crippen LogP contribution is -2.31. The quantitative estimate of drug-likeness (QED) is 0.824. The van der Waals surface area contributed by atoms with Gasteiger partial charge in [-0.05, 0) is 17.7 Å². The van der Waals surface area contributed by atoms with E-state index in [-0.39, 0.29) is 17.2 Å². The minimum atomic E-state index is -4.55. The molecule has 25 heavy (non-hydrogen) atoms. The summed E-state index contributed by atoms with van der Waals surface area (Å²) in [6.45, 7) is 1.35. The molecule has 0 atom stereocenters.